The van der Waals surface area contributed by atoms with E-state index in [1.165, 1.54) is 12.3 Å². The van der Waals surface area contributed by atoms with E-state index in [0.29, 0.717) is 5.84 Å². The first-order valence-corrected chi connectivity index (χ1v) is 4.47. The van der Waals surface area contributed by atoms with Crippen molar-refractivity contribution < 1.29 is 5.11 Å². The number of hydrogen-bond acceptors (Lipinski definition) is 4. The first kappa shape index (κ1) is 9.44. The average molecular weight is 199 g/mol. The molecule has 0 amide bonds. The predicted octanol–water partition coefficient (Wildman–Crippen LogP) is 0.762. The van der Waals surface area contributed by atoms with E-state index in [1.807, 2.05) is 30.3 Å². The molecule has 0 aromatic heterocycles. The molecule has 0 aliphatic carbocycles. The van der Waals surface area contributed by atoms with E-state index in [-0.39, 0.29) is 0 Å². The molecule has 1 aliphatic rings. The molecular formula is C11H9N3O. The molecule has 74 valence electrons. The molecule has 2 rings (SSSR count). The first-order chi connectivity index (χ1) is 7.23. The zero-order chi connectivity index (χ0) is 10.7. The van der Waals surface area contributed by atoms with Crippen molar-refractivity contribution in [1.82, 2.24) is 5.32 Å². The highest BCUT2D eigenvalue weighted by Gasteiger charge is 2.25. The maximum atomic E-state index is 9.64. The minimum atomic E-state index is -1.75. The Morgan fingerprint density at radius 3 is 2.73 bits per heavy atom. The summed E-state index contributed by atoms with van der Waals surface area (Å²) in [5.41, 5.74) is -0.924. The van der Waals surface area contributed by atoms with Gasteiger partial charge in [0.15, 0.2) is 0 Å². The number of nitrogens with one attached hydrogen (secondary N) is 1. The molecule has 0 saturated carbocycles. The van der Waals surface area contributed by atoms with Crippen LogP contribution >= 0.6 is 0 Å². The minimum Gasteiger partial charge on any atom is -0.355 e. The summed E-state index contributed by atoms with van der Waals surface area (Å²) in [5.74, 6) is 0.488. The molecule has 0 saturated heterocycles. The second kappa shape index (κ2) is 3.56. The molecule has 4 heteroatoms. The smallest absolute Gasteiger partial charge is 0.269 e. The summed E-state index contributed by atoms with van der Waals surface area (Å²) in [5, 5.41) is 21.2. The molecule has 4 nitrogen and oxygen atoms in total. The molecule has 1 aromatic carbocycles. The lowest BCUT2D eigenvalue weighted by molar-refractivity contribution is 0.159. The normalized spacial score (nSPS) is 23.9. The van der Waals surface area contributed by atoms with Gasteiger partial charge in [0.1, 0.15) is 11.9 Å². The summed E-state index contributed by atoms with van der Waals surface area (Å²) in [6.45, 7) is 0. The fraction of sp³-hybridized carbons (Fsp3) is 0.0909. The summed E-state index contributed by atoms with van der Waals surface area (Å²) < 4.78 is 0. The van der Waals surface area contributed by atoms with Crippen LogP contribution < -0.4 is 5.32 Å². The maximum absolute atomic E-state index is 9.64. The van der Waals surface area contributed by atoms with Crippen LogP contribution in [0.4, 0.5) is 0 Å². The van der Waals surface area contributed by atoms with Gasteiger partial charge >= 0.3 is 0 Å². The molecule has 1 atom stereocenters. The van der Waals surface area contributed by atoms with Gasteiger partial charge in [0.05, 0.1) is 0 Å². The molecule has 1 aliphatic heterocycles. The zero-order valence-corrected chi connectivity index (χ0v) is 7.88. The van der Waals surface area contributed by atoms with Gasteiger partial charge in [0, 0.05) is 17.8 Å². The van der Waals surface area contributed by atoms with Gasteiger partial charge in [-0.05, 0) is 0 Å². The van der Waals surface area contributed by atoms with Crippen LogP contribution in [0.5, 0.6) is 0 Å². The Labute approximate surface area is 87.2 Å². The molecule has 0 radical (unpaired) electrons. The van der Waals surface area contributed by atoms with E-state index >= 15 is 0 Å². The highest BCUT2D eigenvalue weighted by atomic mass is 16.3. The highest BCUT2D eigenvalue weighted by Crippen LogP contribution is 2.13. The Morgan fingerprint density at radius 1 is 1.33 bits per heavy atom. The molecule has 0 fully saturated rings. The van der Waals surface area contributed by atoms with Crippen LogP contribution in [0.3, 0.4) is 0 Å². The molecule has 1 heterocycles. The number of rotatable bonds is 1. The van der Waals surface area contributed by atoms with Crippen molar-refractivity contribution in [3.05, 3.63) is 48.2 Å². The van der Waals surface area contributed by atoms with Gasteiger partial charge in [-0.25, -0.2) is 4.99 Å². The van der Waals surface area contributed by atoms with Crippen molar-refractivity contribution in [3.8, 4) is 6.07 Å². The lowest BCUT2D eigenvalue weighted by atomic mass is 10.1. The van der Waals surface area contributed by atoms with Crippen molar-refractivity contribution >= 4 is 5.84 Å². The van der Waals surface area contributed by atoms with Crippen LogP contribution in [-0.4, -0.2) is 16.7 Å². The van der Waals surface area contributed by atoms with Gasteiger partial charge in [-0.2, -0.15) is 5.26 Å². The fourth-order valence-corrected chi connectivity index (χ4v) is 1.28. The van der Waals surface area contributed by atoms with Gasteiger partial charge in [-0.15, -0.1) is 0 Å². The first-order valence-electron chi connectivity index (χ1n) is 4.47. The summed E-state index contributed by atoms with van der Waals surface area (Å²) in [7, 11) is 0. The number of aliphatic hydroxyl groups is 1. The van der Waals surface area contributed by atoms with Crippen molar-refractivity contribution in [1.29, 1.82) is 5.26 Å². The number of hydrogen-bond donors (Lipinski definition) is 2. The van der Waals surface area contributed by atoms with Crippen LogP contribution in [0.25, 0.3) is 0 Å². The summed E-state index contributed by atoms with van der Waals surface area (Å²) >= 11 is 0. The van der Waals surface area contributed by atoms with Gasteiger partial charge in [0.25, 0.3) is 5.72 Å². The molecule has 2 N–H and O–H groups in total. The van der Waals surface area contributed by atoms with Gasteiger partial charge in [-0.3, -0.25) is 0 Å². The fourth-order valence-electron chi connectivity index (χ4n) is 1.28. The quantitative estimate of drug-likeness (QED) is 0.656. The monoisotopic (exact) mass is 199 g/mol. The SMILES string of the molecule is N#CC1(O)C=CNC(c2ccccc2)=N1. The van der Waals surface area contributed by atoms with Crippen LogP contribution in [-0.2, 0) is 0 Å². The predicted molar refractivity (Wildman–Crippen MR) is 55.8 cm³/mol. The van der Waals surface area contributed by atoms with Crippen molar-refractivity contribution in [2.75, 3.05) is 0 Å². The van der Waals surface area contributed by atoms with Gasteiger partial charge in [-0.1, -0.05) is 30.3 Å². The lowest BCUT2D eigenvalue weighted by Crippen LogP contribution is -2.33. The van der Waals surface area contributed by atoms with Crippen LogP contribution in [0.1, 0.15) is 5.56 Å². The largest absolute Gasteiger partial charge is 0.355 e. The topological polar surface area (TPSA) is 68.4 Å². The summed E-state index contributed by atoms with van der Waals surface area (Å²) in [6, 6.07) is 11.0. The van der Waals surface area contributed by atoms with Crippen molar-refractivity contribution in [2.45, 2.75) is 5.72 Å². The van der Waals surface area contributed by atoms with Crippen molar-refractivity contribution in [2.24, 2.45) is 4.99 Å². The number of nitrogens with zero attached hydrogens (tertiary/aromatic N) is 2. The lowest BCUT2D eigenvalue weighted by Gasteiger charge is -2.18. The molecule has 0 spiro atoms. The molecule has 15 heavy (non-hydrogen) atoms. The van der Waals surface area contributed by atoms with E-state index in [4.69, 9.17) is 5.26 Å². The average Bonchev–Trinajstić information content (AvgIpc) is 2.30. The molecular weight excluding hydrogens is 190 g/mol. The standard InChI is InChI=1S/C11H9N3O/c12-8-11(15)6-7-13-10(14-11)9-4-2-1-3-5-9/h1-7,15H,(H,13,14). The Bertz CT molecular complexity index is 458. The van der Waals surface area contributed by atoms with Gasteiger partial charge in [0.2, 0.25) is 0 Å². The van der Waals surface area contributed by atoms with Crippen LogP contribution in [0.2, 0.25) is 0 Å². The number of amidine groups is 1. The molecule has 1 unspecified atom stereocenters. The van der Waals surface area contributed by atoms with Crippen LogP contribution in [0, 0.1) is 11.3 Å². The third-order valence-corrected chi connectivity index (χ3v) is 2.03. The third-order valence-electron chi connectivity index (χ3n) is 2.03. The maximum Gasteiger partial charge on any atom is 0.269 e. The number of nitriles is 1. The third kappa shape index (κ3) is 1.87. The Morgan fingerprint density at radius 2 is 2.07 bits per heavy atom. The Kier molecular flexibility index (Phi) is 2.24. The Balaban J connectivity index is 2.38. The van der Waals surface area contributed by atoms with E-state index in [0.717, 1.165) is 5.56 Å². The number of aliphatic imine (C=N–C) groups is 1. The second-order valence-corrected chi connectivity index (χ2v) is 3.14. The van der Waals surface area contributed by atoms with Crippen LogP contribution in [0.15, 0.2) is 47.6 Å². The van der Waals surface area contributed by atoms with E-state index in [9.17, 15) is 5.11 Å². The molecule has 0 bridgehead atoms. The molecule has 1 aromatic rings. The Hall–Kier alpha value is -2.12. The highest BCUT2D eigenvalue weighted by molar-refractivity contribution is 6.00. The number of benzene rings is 1. The zero-order valence-electron chi connectivity index (χ0n) is 7.88. The summed E-state index contributed by atoms with van der Waals surface area (Å²) in [6.07, 6.45) is 2.82. The van der Waals surface area contributed by atoms with Crippen molar-refractivity contribution in [3.63, 3.8) is 0 Å². The van der Waals surface area contributed by atoms with E-state index < -0.39 is 5.72 Å². The minimum absolute atomic E-state index is 0.488. The van der Waals surface area contributed by atoms with E-state index in [1.54, 1.807) is 6.07 Å². The van der Waals surface area contributed by atoms with Gasteiger partial charge < -0.3 is 10.4 Å². The summed E-state index contributed by atoms with van der Waals surface area (Å²) in [4.78, 5) is 3.92. The van der Waals surface area contributed by atoms with E-state index in [2.05, 4.69) is 10.3 Å². The second-order valence-electron chi connectivity index (χ2n) is 3.14.